The minimum Gasteiger partial charge on any atom is -0.460 e. The maximum Gasteiger partial charge on any atom is 0.379 e. The van der Waals surface area contributed by atoms with Crippen LogP contribution in [0, 0.1) is 11.8 Å². The van der Waals surface area contributed by atoms with E-state index in [9.17, 15) is 9.59 Å². The second kappa shape index (κ2) is 6.72. The summed E-state index contributed by atoms with van der Waals surface area (Å²) in [6.45, 7) is 1.83. The highest BCUT2D eigenvalue weighted by atomic mass is 35.5. The van der Waals surface area contributed by atoms with Crippen molar-refractivity contribution in [2.45, 2.75) is 6.92 Å². The molecule has 0 saturated heterocycles. The lowest BCUT2D eigenvalue weighted by Crippen LogP contribution is -2.17. The smallest absolute Gasteiger partial charge is 0.379 e. The van der Waals surface area contributed by atoms with Crippen LogP contribution in [-0.2, 0) is 9.53 Å². The fourth-order valence-electron chi connectivity index (χ4n) is 1.15. The lowest BCUT2D eigenvalue weighted by Gasteiger charge is -2.00. The van der Waals surface area contributed by atoms with Crippen molar-refractivity contribution < 1.29 is 14.3 Å². The first-order valence-corrected chi connectivity index (χ1v) is 5.58. The van der Waals surface area contributed by atoms with Crippen LogP contribution in [0.25, 0.3) is 0 Å². The van der Waals surface area contributed by atoms with E-state index < -0.39 is 11.8 Å². The third-order valence-electron chi connectivity index (χ3n) is 1.91. The average molecular weight is 251 g/mol. The lowest BCUT2D eigenvalue weighted by molar-refractivity contribution is -0.137. The molecule has 0 atom stereocenters. The van der Waals surface area contributed by atoms with E-state index in [1.807, 2.05) is 0 Å². The molecule has 0 saturated carbocycles. The number of alkyl halides is 1. The molecule has 0 spiro atoms. The van der Waals surface area contributed by atoms with Gasteiger partial charge in [-0.15, -0.1) is 11.6 Å². The summed E-state index contributed by atoms with van der Waals surface area (Å²) in [5.74, 6) is 4.26. The highest BCUT2D eigenvalue weighted by Crippen LogP contribution is 2.05. The second-order valence-corrected chi connectivity index (χ2v) is 3.33. The molecule has 0 amide bonds. The van der Waals surface area contributed by atoms with Gasteiger partial charge in [0.05, 0.1) is 12.5 Å². The number of rotatable bonds is 3. The summed E-state index contributed by atoms with van der Waals surface area (Å²) in [6.07, 6.45) is 0. The molecule has 0 aromatic heterocycles. The molecular weight excluding hydrogens is 240 g/mol. The minimum absolute atomic E-state index is 0.184. The van der Waals surface area contributed by atoms with Crippen LogP contribution in [-0.4, -0.2) is 24.2 Å². The Bertz CT molecular complexity index is 466. The molecule has 1 aromatic carbocycles. The fourth-order valence-corrected chi connectivity index (χ4v) is 1.22. The summed E-state index contributed by atoms with van der Waals surface area (Å²) in [7, 11) is 0. The summed E-state index contributed by atoms with van der Waals surface area (Å²) >= 11 is 5.42. The van der Waals surface area contributed by atoms with Gasteiger partial charge < -0.3 is 4.74 Å². The fraction of sp³-hybridized carbons (Fsp3) is 0.231. The van der Waals surface area contributed by atoms with Gasteiger partial charge in [-0.05, 0) is 31.2 Å². The van der Waals surface area contributed by atoms with Gasteiger partial charge in [-0.25, -0.2) is 4.79 Å². The van der Waals surface area contributed by atoms with Crippen molar-refractivity contribution in [2.24, 2.45) is 0 Å². The molecule has 0 aliphatic carbocycles. The zero-order valence-electron chi connectivity index (χ0n) is 9.33. The van der Waals surface area contributed by atoms with Gasteiger partial charge in [0.2, 0.25) is 0 Å². The summed E-state index contributed by atoms with van der Waals surface area (Å²) in [4.78, 5) is 22.7. The van der Waals surface area contributed by atoms with Crippen LogP contribution in [0.5, 0.6) is 0 Å². The Balaban J connectivity index is 2.80. The number of ether oxygens (including phenoxy) is 1. The van der Waals surface area contributed by atoms with E-state index in [0.29, 0.717) is 5.56 Å². The molecule has 0 radical (unpaired) electrons. The van der Waals surface area contributed by atoms with Crippen LogP contribution in [0.4, 0.5) is 0 Å². The highest BCUT2D eigenvalue weighted by molar-refractivity contribution is 6.40. The maximum absolute atomic E-state index is 11.5. The standard InChI is InChI=1S/C13H11ClO3/c1-2-17-13(16)12(15)11-7-5-10(6-8-11)4-3-9-14/h5-8H,2,9H2,1H3. The van der Waals surface area contributed by atoms with Gasteiger partial charge in [-0.1, -0.05) is 11.8 Å². The van der Waals surface area contributed by atoms with Crippen molar-refractivity contribution in [1.29, 1.82) is 0 Å². The Labute approximate surface area is 105 Å². The molecule has 0 unspecified atom stereocenters. The normalized spacial score (nSPS) is 9.06. The minimum atomic E-state index is -0.841. The van der Waals surface area contributed by atoms with Crippen molar-refractivity contribution in [1.82, 2.24) is 0 Å². The van der Waals surface area contributed by atoms with E-state index in [4.69, 9.17) is 11.6 Å². The second-order valence-electron chi connectivity index (χ2n) is 3.06. The molecule has 0 fully saturated rings. The molecule has 0 bridgehead atoms. The van der Waals surface area contributed by atoms with Gasteiger partial charge in [0.15, 0.2) is 0 Å². The van der Waals surface area contributed by atoms with E-state index in [0.717, 1.165) is 5.56 Å². The first-order chi connectivity index (χ1) is 8.19. The number of ketones is 1. The van der Waals surface area contributed by atoms with Gasteiger partial charge in [-0.3, -0.25) is 4.79 Å². The lowest BCUT2D eigenvalue weighted by atomic mass is 10.1. The van der Waals surface area contributed by atoms with Gasteiger partial charge in [0, 0.05) is 11.1 Å². The number of carbonyl (C=O) groups excluding carboxylic acids is 2. The third kappa shape index (κ3) is 3.93. The van der Waals surface area contributed by atoms with Crippen LogP contribution in [0.2, 0.25) is 0 Å². The summed E-state index contributed by atoms with van der Waals surface area (Å²) in [6, 6.07) is 6.40. The van der Waals surface area contributed by atoms with E-state index in [-0.39, 0.29) is 12.5 Å². The van der Waals surface area contributed by atoms with Gasteiger partial charge >= 0.3 is 5.97 Å². The van der Waals surface area contributed by atoms with Crippen LogP contribution in [0.15, 0.2) is 24.3 Å². The third-order valence-corrected chi connectivity index (χ3v) is 2.04. The number of hydrogen-bond donors (Lipinski definition) is 0. The highest BCUT2D eigenvalue weighted by Gasteiger charge is 2.16. The van der Waals surface area contributed by atoms with Crippen molar-refractivity contribution in [3.05, 3.63) is 35.4 Å². The molecular formula is C13H11ClO3. The van der Waals surface area contributed by atoms with Crippen LogP contribution >= 0.6 is 11.6 Å². The predicted octanol–water partition coefficient (Wildman–Crippen LogP) is 2.02. The van der Waals surface area contributed by atoms with Crippen LogP contribution < -0.4 is 0 Å². The van der Waals surface area contributed by atoms with E-state index >= 15 is 0 Å². The van der Waals surface area contributed by atoms with Crippen LogP contribution in [0.3, 0.4) is 0 Å². The van der Waals surface area contributed by atoms with E-state index in [2.05, 4.69) is 16.6 Å². The van der Waals surface area contributed by atoms with Gasteiger partial charge in [0.25, 0.3) is 5.78 Å². The average Bonchev–Trinajstić information content (AvgIpc) is 2.36. The van der Waals surface area contributed by atoms with Crippen molar-refractivity contribution in [3.8, 4) is 11.8 Å². The number of carbonyl (C=O) groups is 2. The van der Waals surface area contributed by atoms with Crippen molar-refractivity contribution >= 4 is 23.4 Å². The van der Waals surface area contributed by atoms with Gasteiger partial charge in [-0.2, -0.15) is 0 Å². The van der Waals surface area contributed by atoms with E-state index in [1.54, 1.807) is 19.1 Å². The quantitative estimate of drug-likeness (QED) is 0.271. The predicted molar refractivity (Wildman–Crippen MR) is 65.0 cm³/mol. The summed E-state index contributed by atoms with van der Waals surface area (Å²) in [5, 5.41) is 0. The maximum atomic E-state index is 11.5. The first-order valence-electron chi connectivity index (χ1n) is 5.05. The molecule has 0 heterocycles. The molecule has 1 rings (SSSR count). The topological polar surface area (TPSA) is 43.4 Å². The molecule has 3 nitrogen and oxygen atoms in total. The van der Waals surface area contributed by atoms with Crippen molar-refractivity contribution in [2.75, 3.05) is 12.5 Å². The Hall–Kier alpha value is -1.79. The molecule has 0 N–H and O–H groups in total. The zero-order valence-corrected chi connectivity index (χ0v) is 10.1. The number of Topliss-reactive ketones (excluding diaryl/α,β-unsaturated/α-hetero) is 1. The molecule has 88 valence electrons. The molecule has 0 aliphatic rings. The SMILES string of the molecule is CCOC(=O)C(=O)c1ccc(C#CCCl)cc1. The summed E-state index contributed by atoms with van der Waals surface area (Å²) in [5.41, 5.74) is 1.03. The monoisotopic (exact) mass is 250 g/mol. The number of benzene rings is 1. The van der Waals surface area contributed by atoms with Crippen LogP contribution in [0.1, 0.15) is 22.8 Å². The first kappa shape index (κ1) is 13.3. The molecule has 4 heteroatoms. The molecule has 17 heavy (non-hydrogen) atoms. The van der Waals surface area contributed by atoms with Crippen molar-refractivity contribution in [3.63, 3.8) is 0 Å². The Morgan fingerprint density at radius 3 is 2.47 bits per heavy atom. The zero-order chi connectivity index (χ0) is 12.7. The largest absolute Gasteiger partial charge is 0.460 e. The Morgan fingerprint density at radius 2 is 1.94 bits per heavy atom. The van der Waals surface area contributed by atoms with E-state index in [1.165, 1.54) is 12.1 Å². The molecule has 1 aromatic rings. The summed E-state index contributed by atoms with van der Waals surface area (Å²) < 4.78 is 4.62. The Morgan fingerprint density at radius 1 is 1.29 bits per heavy atom. The number of hydrogen-bond acceptors (Lipinski definition) is 3. The number of halogens is 1. The number of esters is 1. The molecule has 0 aliphatic heterocycles. The van der Waals surface area contributed by atoms with Gasteiger partial charge in [0.1, 0.15) is 0 Å². The Kier molecular flexibility index (Phi) is 5.25.